The largest absolute Gasteiger partial charge is 0.480 e. The Morgan fingerprint density at radius 1 is 1.47 bits per heavy atom. The third-order valence-electron chi connectivity index (χ3n) is 2.27. The van der Waals surface area contributed by atoms with E-state index in [1.165, 1.54) is 6.07 Å². The van der Waals surface area contributed by atoms with Gasteiger partial charge in [-0.05, 0) is 19.1 Å². The van der Waals surface area contributed by atoms with Crippen molar-refractivity contribution in [2.24, 2.45) is 0 Å². The Balaban J connectivity index is 2.12. The minimum atomic E-state index is -1.09. The minimum absolute atomic E-state index is 0.0372. The van der Waals surface area contributed by atoms with E-state index in [1.54, 1.807) is 12.1 Å². The summed E-state index contributed by atoms with van der Waals surface area (Å²) < 4.78 is 23.6. The van der Waals surface area contributed by atoms with Crippen molar-refractivity contribution in [1.82, 2.24) is 10.2 Å². The van der Waals surface area contributed by atoms with Crippen molar-refractivity contribution in [2.75, 3.05) is 6.61 Å². The van der Waals surface area contributed by atoms with E-state index in [0.29, 0.717) is 0 Å². The van der Waals surface area contributed by atoms with Gasteiger partial charge in [0.15, 0.2) is 0 Å². The van der Waals surface area contributed by atoms with Gasteiger partial charge in [-0.2, -0.15) is 0 Å². The number of halogens is 1. The number of carboxylic acid groups (broad SMARTS) is 1. The summed E-state index contributed by atoms with van der Waals surface area (Å²) in [6.07, 6.45) is 0. The molecule has 2 rings (SSSR count). The van der Waals surface area contributed by atoms with Gasteiger partial charge in [0, 0.05) is 0 Å². The lowest BCUT2D eigenvalue weighted by atomic mass is 10.1. The number of aliphatic carboxylic acids is 1. The molecule has 0 amide bonds. The van der Waals surface area contributed by atoms with Crippen molar-refractivity contribution in [2.45, 2.75) is 13.5 Å². The number of hydrogen-bond acceptors (Lipinski definition) is 5. The Morgan fingerprint density at radius 2 is 2.26 bits per heavy atom. The molecule has 0 unspecified atom stereocenters. The monoisotopic (exact) mass is 266 g/mol. The van der Waals surface area contributed by atoms with E-state index in [1.807, 2.05) is 6.92 Å². The number of rotatable bonds is 5. The minimum Gasteiger partial charge on any atom is -0.480 e. The molecule has 0 aliphatic rings. The SMILES string of the molecule is Cc1ccc(F)c(-c2nnc(COCC(=O)O)o2)c1. The third kappa shape index (κ3) is 3.35. The second kappa shape index (κ2) is 5.57. The topological polar surface area (TPSA) is 85.5 Å². The molecule has 19 heavy (non-hydrogen) atoms. The number of aromatic nitrogens is 2. The lowest BCUT2D eigenvalue weighted by molar-refractivity contribution is -0.142. The number of nitrogens with zero attached hydrogens (tertiary/aromatic N) is 2. The van der Waals surface area contributed by atoms with E-state index in [9.17, 15) is 9.18 Å². The van der Waals surface area contributed by atoms with Crippen molar-refractivity contribution >= 4 is 5.97 Å². The molecule has 0 saturated carbocycles. The number of ether oxygens (including phenoxy) is 1. The predicted octanol–water partition coefficient (Wildman–Crippen LogP) is 1.79. The molecule has 1 aromatic heterocycles. The van der Waals surface area contributed by atoms with E-state index in [0.717, 1.165) is 5.56 Å². The van der Waals surface area contributed by atoms with Crippen molar-refractivity contribution in [3.8, 4) is 11.5 Å². The van der Waals surface area contributed by atoms with Gasteiger partial charge < -0.3 is 14.3 Å². The van der Waals surface area contributed by atoms with Crippen LogP contribution in [0.25, 0.3) is 11.5 Å². The van der Waals surface area contributed by atoms with Crippen molar-refractivity contribution in [1.29, 1.82) is 0 Å². The summed E-state index contributed by atoms with van der Waals surface area (Å²) >= 11 is 0. The highest BCUT2D eigenvalue weighted by Gasteiger charge is 2.13. The number of carbonyl (C=O) groups is 1. The molecule has 0 spiro atoms. The normalized spacial score (nSPS) is 10.6. The van der Waals surface area contributed by atoms with Gasteiger partial charge in [0.1, 0.15) is 19.0 Å². The van der Waals surface area contributed by atoms with Gasteiger partial charge in [0.25, 0.3) is 5.89 Å². The first-order valence-electron chi connectivity index (χ1n) is 5.44. The van der Waals surface area contributed by atoms with Crippen LogP contribution in [-0.4, -0.2) is 27.9 Å². The molecule has 0 fully saturated rings. The fourth-order valence-electron chi connectivity index (χ4n) is 1.45. The maximum absolute atomic E-state index is 13.6. The van der Waals surface area contributed by atoms with E-state index in [4.69, 9.17) is 14.3 Å². The first-order chi connectivity index (χ1) is 9.06. The van der Waals surface area contributed by atoms with Crippen molar-refractivity contribution < 1.29 is 23.4 Å². The summed E-state index contributed by atoms with van der Waals surface area (Å²) in [5.41, 5.74) is 1.07. The number of hydrogen-bond donors (Lipinski definition) is 1. The molecular formula is C12H11FN2O4. The summed E-state index contributed by atoms with van der Waals surface area (Å²) in [5, 5.41) is 15.8. The number of aryl methyl sites for hydroxylation is 1. The molecule has 7 heteroatoms. The summed E-state index contributed by atoms with van der Waals surface area (Å²) in [7, 11) is 0. The van der Waals surface area contributed by atoms with Gasteiger partial charge in [-0.25, -0.2) is 9.18 Å². The van der Waals surface area contributed by atoms with Crippen molar-refractivity contribution in [3.63, 3.8) is 0 Å². The molecule has 1 N–H and O–H groups in total. The van der Waals surface area contributed by atoms with Crippen LogP contribution in [0.15, 0.2) is 22.6 Å². The third-order valence-corrected chi connectivity index (χ3v) is 2.27. The van der Waals surface area contributed by atoms with Gasteiger partial charge in [-0.15, -0.1) is 10.2 Å². The summed E-state index contributed by atoms with van der Waals surface area (Å²) in [6.45, 7) is 1.22. The quantitative estimate of drug-likeness (QED) is 0.887. The number of carboxylic acids is 1. The van der Waals surface area contributed by atoms with Gasteiger partial charge in [0.2, 0.25) is 5.89 Å². The lowest BCUT2D eigenvalue weighted by Gasteiger charge is -1.99. The fraction of sp³-hybridized carbons (Fsp3) is 0.250. The van der Waals surface area contributed by atoms with Gasteiger partial charge in [0.05, 0.1) is 5.56 Å². The molecule has 0 bridgehead atoms. The lowest BCUT2D eigenvalue weighted by Crippen LogP contribution is -2.06. The van der Waals surface area contributed by atoms with Crippen LogP contribution in [0.3, 0.4) is 0 Å². The highest BCUT2D eigenvalue weighted by atomic mass is 19.1. The molecule has 2 aromatic rings. The summed E-state index contributed by atoms with van der Waals surface area (Å²) in [5.74, 6) is -1.43. The van der Waals surface area contributed by atoms with Gasteiger partial charge in [-0.3, -0.25) is 0 Å². The van der Waals surface area contributed by atoms with Crippen LogP contribution >= 0.6 is 0 Å². The van der Waals surface area contributed by atoms with Crippen LogP contribution < -0.4 is 0 Å². The smallest absolute Gasteiger partial charge is 0.329 e. The average molecular weight is 266 g/mol. The maximum atomic E-state index is 13.6. The summed E-state index contributed by atoms with van der Waals surface area (Å²) in [4.78, 5) is 10.3. The Morgan fingerprint density at radius 3 is 3.00 bits per heavy atom. The molecule has 0 atom stereocenters. The standard InChI is InChI=1S/C12H11FN2O4/c1-7-2-3-9(13)8(4-7)12-15-14-10(19-12)5-18-6-11(16)17/h2-4H,5-6H2,1H3,(H,16,17). The molecule has 0 radical (unpaired) electrons. The average Bonchev–Trinajstić information content (AvgIpc) is 2.80. The van der Waals surface area contributed by atoms with Crippen molar-refractivity contribution in [3.05, 3.63) is 35.5 Å². The Kier molecular flexibility index (Phi) is 3.86. The van der Waals surface area contributed by atoms with E-state index < -0.39 is 18.4 Å². The van der Waals surface area contributed by atoms with Crippen LogP contribution in [-0.2, 0) is 16.1 Å². The highest BCUT2D eigenvalue weighted by Crippen LogP contribution is 2.22. The molecule has 1 aromatic carbocycles. The van der Waals surface area contributed by atoms with Crippen LogP contribution in [0, 0.1) is 12.7 Å². The first-order valence-corrected chi connectivity index (χ1v) is 5.44. The number of benzene rings is 1. The van der Waals surface area contributed by atoms with E-state index in [2.05, 4.69) is 10.2 Å². The molecule has 0 saturated heterocycles. The van der Waals surface area contributed by atoms with Crippen LogP contribution in [0.2, 0.25) is 0 Å². The fourth-order valence-corrected chi connectivity index (χ4v) is 1.45. The zero-order chi connectivity index (χ0) is 13.8. The van der Waals surface area contributed by atoms with Crippen LogP contribution in [0.4, 0.5) is 4.39 Å². The molecule has 0 aliphatic carbocycles. The molecule has 6 nitrogen and oxygen atoms in total. The zero-order valence-corrected chi connectivity index (χ0v) is 10.1. The highest BCUT2D eigenvalue weighted by molar-refractivity contribution is 5.67. The Bertz CT molecular complexity index is 597. The Hall–Kier alpha value is -2.28. The van der Waals surface area contributed by atoms with E-state index in [-0.39, 0.29) is 24.0 Å². The molecule has 0 aliphatic heterocycles. The maximum Gasteiger partial charge on any atom is 0.329 e. The van der Waals surface area contributed by atoms with Crippen LogP contribution in [0.1, 0.15) is 11.5 Å². The first kappa shape index (κ1) is 13.2. The van der Waals surface area contributed by atoms with Gasteiger partial charge >= 0.3 is 5.97 Å². The van der Waals surface area contributed by atoms with E-state index >= 15 is 0 Å². The molecular weight excluding hydrogens is 255 g/mol. The second-order valence-electron chi connectivity index (χ2n) is 3.87. The summed E-state index contributed by atoms with van der Waals surface area (Å²) in [6, 6.07) is 4.53. The Labute approximate surface area is 107 Å². The molecule has 100 valence electrons. The second-order valence-corrected chi connectivity index (χ2v) is 3.87. The molecule has 1 heterocycles. The van der Waals surface area contributed by atoms with Crippen LogP contribution in [0.5, 0.6) is 0 Å². The van der Waals surface area contributed by atoms with Gasteiger partial charge in [-0.1, -0.05) is 11.6 Å². The zero-order valence-electron chi connectivity index (χ0n) is 10.1. The predicted molar refractivity (Wildman–Crippen MR) is 61.7 cm³/mol.